The first-order valence-electron chi connectivity index (χ1n) is 9.16. The third-order valence-electron chi connectivity index (χ3n) is 4.06. The third kappa shape index (κ3) is 5.17. The molecule has 0 saturated heterocycles. The van der Waals surface area contributed by atoms with Gasteiger partial charge in [0, 0.05) is 18.3 Å². The predicted octanol–water partition coefficient (Wildman–Crippen LogP) is 4.43. The number of nitrogens with one attached hydrogen (secondary N) is 1. The van der Waals surface area contributed by atoms with Crippen LogP contribution in [0, 0.1) is 0 Å². The van der Waals surface area contributed by atoms with E-state index in [2.05, 4.69) is 51.4 Å². The molecule has 0 bridgehead atoms. The van der Waals surface area contributed by atoms with Crippen LogP contribution in [0.3, 0.4) is 0 Å². The van der Waals surface area contributed by atoms with Crippen LogP contribution >= 0.6 is 0 Å². The average molecular weight is 363 g/mol. The van der Waals surface area contributed by atoms with Gasteiger partial charge < -0.3 is 15.0 Å². The number of aromatic nitrogens is 3. The van der Waals surface area contributed by atoms with E-state index in [1.807, 2.05) is 49.4 Å². The summed E-state index contributed by atoms with van der Waals surface area (Å²) < 4.78 is 5.47. The van der Waals surface area contributed by atoms with Gasteiger partial charge >= 0.3 is 0 Å². The summed E-state index contributed by atoms with van der Waals surface area (Å²) >= 11 is 0. The van der Waals surface area contributed by atoms with Gasteiger partial charge in [0.1, 0.15) is 5.75 Å². The molecule has 140 valence electrons. The van der Waals surface area contributed by atoms with Gasteiger partial charge in [0.2, 0.25) is 5.95 Å². The smallest absolute Gasteiger partial charge is 0.247 e. The van der Waals surface area contributed by atoms with E-state index >= 15 is 0 Å². The van der Waals surface area contributed by atoms with Crippen molar-refractivity contribution in [2.75, 3.05) is 16.8 Å². The molecule has 0 unspecified atom stereocenters. The molecular weight excluding hydrogens is 338 g/mol. The Hall–Kier alpha value is -3.15. The Kier molecular flexibility index (Phi) is 6.20. The Balaban J connectivity index is 1.76. The summed E-state index contributed by atoms with van der Waals surface area (Å²) in [4.78, 5) is 6.79. The second-order valence-corrected chi connectivity index (χ2v) is 6.43. The highest BCUT2D eigenvalue weighted by Crippen LogP contribution is 2.21. The lowest BCUT2D eigenvalue weighted by atomic mass is 10.2. The second-order valence-electron chi connectivity index (χ2n) is 6.43. The number of hydrogen-bond donors (Lipinski definition) is 1. The van der Waals surface area contributed by atoms with E-state index in [1.54, 1.807) is 6.20 Å². The van der Waals surface area contributed by atoms with Crippen molar-refractivity contribution in [3.05, 3.63) is 66.4 Å². The van der Waals surface area contributed by atoms with Gasteiger partial charge in [-0.15, -0.1) is 5.10 Å². The summed E-state index contributed by atoms with van der Waals surface area (Å²) in [5, 5.41) is 11.6. The SMILES string of the molecule is CCOc1ccc(Nc2cnnc(N(Cc3ccccc3)C(C)C)n2)cc1. The molecule has 0 aliphatic carbocycles. The molecule has 0 aliphatic rings. The van der Waals surface area contributed by atoms with Crippen LogP contribution in [0.25, 0.3) is 0 Å². The zero-order chi connectivity index (χ0) is 19.1. The number of nitrogens with zero attached hydrogens (tertiary/aromatic N) is 4. The zero-order valence-electron chi connectivity index (χ0n) is 16.0. The summed E-state index contributed by atoms with van der Waals surface area (Å²) in [6, 6.07) is 18.3. The number of hydrogen-bond acceptors (Lipinski definition) is 6. The standard InChI is InChI=1S/C21H25N5O/c1-4-27-19-12-10-18(11-13-19)23-20-14-22-25-21(24-20)26(16(2)3)15-17-8-6-5-7-9-17/h5-14,16H,4,15H2,1-3H3,(H,23,24,25). The van der Waals surface area contributed by atoms with Crippen LogP contribution in [0.4, 0.5) is 17.5 Å². The topological polar surface area (TPSA) is 63.2 Å². The van der Waals surface area contributed by atoms with Crippen LogP contribution in [0.2, 0.25) is 0 Å². The molecule has 0 amide bonds. The zero-order valence-corrected chi connectivity index (χ0v) is 16.0. The molecule has 1 N–H and O–H groups in total. The van der Waals surface area contributed by atoms with Gasteiger partial charge in [-0.2, -0.15) is 10.1 Å². The van der Waals surface area contributed by atoms with Crippen LogP contribution < -0.4 is 15.0 Å². The number of rotatable bonds is 8. The van der Waals surface area contributed by atoms with Crippen molar-refractivity contribution in [2.24, 2.45) is 0 Å². The predicted molar refractivity (Wildman–Crippen MR) is 108 cm³/mol. The average Bonchev–Trinajstić information content (AvgIpc) is 2.69. The number of ether oxygens (including phenoxy) is 1. The van der Waals surface area contributed by atoms with Crippen LogP contribution in [0.15, 0.2) is 60.8 Å². The molecular formula is C21H25N5O. The second kappa shape index (κ2) is 8.98. The number of benzene rings is 2. The highest BCUT2D eigenvalue weighted by atomic mass is 16.5. The Morgan fingerprint density at radius 3 is 2.44 bits per heavy atom. The van der Waals surface area contributed by atoms with E-state index in [1.165, 1.54) is 5.56 Å². The van der Waals surface area contributed by atoms with E-state index in [0.29, 0.717) is 18.4 Å². The molecule has 6 heteroatoms. The minimum absolute atomic E-state index is 0.243. The summed E-state index contributed by atoms with van der Waals surface area (Å²) in [6.07, 6.45) is 1.63. The molecule has 0 spiro atoms. The van der Waals surface area contributed by atoms with E-state index in [-0.39, 0.29) is 6.04 Å². The molecule has 1 heterocycles. The van der Waals surface area contributed by atoms with Crippen LogP contribution in [-0.2, 0) is 6.54 Å². The van der Waals surface area contributed by atoms with E-state index < -0.39 is 0 Å². The maximum Gasteiger partial charge on any atom is 0.247 e. The first-order valence-corrected chi connectivity index (χ1v) is 9.16. The Labute approximate surface area is 160 Å². The fourth-order valence-electron chi connectivity index (χ4n) is 2.69. The lowest BCUT2D eigenvalue weighted by molar-refractivity contribution is 0.340. The van der Waals surface area contributed by atoms with E-state index in [9.17, 15) is 0 Å². The van der Waals surface area contributed by atoms with Crippen molar-refractivity contribution < 1.29 is 4.74 Å². The first-order chi connectivity index (χ1) is 13.2. The van der Waals surface area contributed by atoms with Crippen LogP contribution in [-0.4, -0.2) is 27.8 Å². The molecule has 3 rings (SSSR count). The molecule has 0 radical (unpaired) electrons. The van der Waals surface area contributed by atoms with E-state index in [4.69, 9.17) is 4.74 Å². The molecule has 6 nitrogen and oxygen atoms in total. The van der Waals surface area contributed by atoms with Crippen molar-refractivity contribution in [3.8, 4) is 5.75 Å². The summed E-state index contributed by atoms with van der Waals surface area (Å²) in [7, 11) is 0. The first kappa shape index (κ1) is 18.6. The van der Waals surface area contributed by atoms with Crippen molar-refractivity contribution in [1.29, 1.82) is 0 Å². The summed E-state index contributed by atoms with van der Waals surface area (Å²) in [6.45, 7) is 7.60. The van der Waals surface area contributed by atoms with Gasteiger partial charge in [-0.3, -0.25) is 0 Å². The van der Waals surface area contributed by atoms with Crippen molar-refractivity contribution >= 4 is 17.5 Å². The number of anilines is 3. The van der Waals surface area contributed by atoms with E-state index in [0.717, 1.165) is 18.0 Å². The maximum atomic E-state index is 5.47. The van der Waals surface area contributed by atoms with Gasteiger partial charge in [-0.25, -0.2) is 0 Å². The molecule has 0 aliphatic heterocycles. The normalized spacial score (nSPS) is 10.7. The Morgan fingerprint density at radius 2 is 1.78 bits per heavy atom. The van der Waals surface area contributed by atoms with Crippen molar-refractivity contribution in [2.45, 2.75) is 33.4 Å². The Morgan fingerprint density at radius 1 is 1.04 bits per heavy atom. The fraction of sp³-hybridized carbons (Fsp3) is 0.286. The molecule has 27 heavy (non-hydrogen) atoms. The minimum Gasteiger partial charge on any atom is -0.494 e. The van der Waals surface area contributed by atoms with Crippen LogP contribution in [0.1, 0.15) is 26.3 Å². The molecule has 1 aromatic heterocycles. The third-order valence-corrected chi connectivity index (χ3v) is 4.06. The van der Waals surface area contributed by atoms with Gasteiger partial charge in [-0.1, -0.05) is 30.3 Å². The summed E-state index contributed by atoms with van der Waals surface area (Å²) in [5.41, 5.74) is 2.13. The quantitative estimate of drug-likeness (QED) is 0.639. The van der Waals surface area contributed by atoms with Gasteiger partial charge in [0.15, 0.2) is 5.82 Å². The monoisotopic (exact) mass is 363 g/mol. The van der Waals surface area contributed by atoms with Gasteiger partial charge in [0.05, 0.1) is 12.8 Å². The van der Waals surface area contributed by atoms with Crippen molar-refractivity contribution in [3.63, 3.8) is 0 Å². The van der Waals surface area contributed by atoms with Crippen molar-refractivity contribution in [1.82, 2.24) is 15.2 Å². The maximum absolute atomic E-state index is 5.47. The molecule has 0 fully saturated rings. The summed E-state index contributed by atoms with van der Waals surface area (Å²) in [5.74, 6) is 2.10. The minimum atomic E-state index is 0.243. The molecule has 3 aromatic rings. The van der Waals surface area contributed by atoms with Gasteiger partial charge in [0.25, 0.3) is 0 Å². The highest BCUT2D eigenvalue weighted by molar-refractivity contribution is 5.57. The van der Waals surface area contributed by atoms with Crippen LogP contribution in [0.5, 0.6) is 5.75 Å². The Bertz CT molecular complexity index is 837. The fourth-order valence-corrected chi connectivity index (χ4v) is 2.69. The lowest BCUT2D eigenvalue weighted by Gasteiger charge is -2.26. The lowest BCUT2D eigenvalue weighted by Crippen LogP contribution is -2.32. The van der Waals surface area contributed by atoms with Gasteiger partial charge in [-0.05, 0) is 50.6 Å². The molecule has 2 aromatic carbocycles. The highest BCUT2D eigenvalue weighted by Gasteiger charge is 2.15. The molecule has 0 atom stereocenters. The largest absolute Gasteiger partial charge is 0.494 e. The molecule has 0 saturated carbocycles.